The summed E-state index contributed by atoms with van der Waals surface area (Å²) in [7, 11) is 0. The Bertz CT molecular complexity index is 1730. The summed E-state index contributed by atoms with van der Waals surface area (Å²) in [6, 6.07) is 37.2. The molecule has 2 amide bonds. The van der Waals surface area contributed by atoms with Crippen molar-refractivity contribution in [2.75, 3.05) is 45.8 Å². The fourth-order valence-electron chi connectivity index (χ4n) is 5.95. The van der Waals surface area contributed by atoms with E-state index in [9.17, 15) is 14.4 Å². The number of hydrogen-bond acceptors (Lipinski definition) is 7. The van der Waals surface area contributed by atoms with E-state index >= 15 is 0 Å². The van der Waals surface area contributed by atoms with Crippen LogP contribution in [0.25, 0.3) is 22.3 Å². The zero-order valence-corrected chi connectivity index (χ0v) is 33.1. The summed E-state index contributed by atoms with van der Waals surface area (Å²) in [6.07, 6.45) is 0.449. The van der Waals surface area contributed by atoms with Crippen molar-refractivity contribution < 1.29 is 23.9 Å². The second-order valence-corrected chi connectivity index (χ2v) is 15.6. The minimum absolute atomic E-state index is 0.200. The Kier molecular flexibility index (Phi) is 15.4. The molecule has 6 rings (SSSR count). The summed E-state index contributed by atoms with van der Waals surface area (Å²) in [6.45, 7) is 19.9. The van der Waals surface area contributed by atoms with E-state index in [-0.39, 0.29) is 17.8 Å². The van der Waals surface area contributed by atoms with Gasteiger partial charge in [-0.2, -0.15) is 0 Å². The number of nitrogens with zero attached hydrogens (tertiary/aromatic N) is 3. The van der Waals surface area contributed by atoms with Gasteiger partial charge in [-0.1, -0.05) is 109 Å². The van der Waals surface area contributed by atoms with Crippen LogP contribution in [0.4, 0.5) is 9.59 Å². The van der Waals surface area contributed by atoms with E-state index in [0.29, 0.717) is 24.7 Å². The third kappa shape index (κ3) is 14.1. The summed E-state index contributed by atoms with van der Waals surface area (Å²) in [5.74, 6) is 0. The van der Waals surface area contributed by atoms with Crippen LogP contribution in [-0.4, -0.2) is 96.2 Å². The molecule has 9 heteroatoms. The van der Waals surface area contributed by atoms with Gasteiger partial charge in [-0.15, -0.1) is 0 Å². The highest BCUT2D eigenvalue weighted by molar-refractivity contribution is 5.77. The number of aldehydes is 1. The highest BCUT2D eigenvalue weighted by Crippen LogP contribution is 2.22. The summed E-state index contributed by atoms with van der Waals surface area (Å²) in [4.78, 5) is 40.2. The van der Waals surface area contributed by atoms with Gasteiger partial charge in [0.05, 0.1) is 0 Å². The van der Waals surface area contributed by atoms with Crippen molar-refractivity contribution in [3.05, 3.63) is 120 Å². The number of rotatable bonds is 5. The Morgan fingerprint density at radius 3 is 1.52 bits per heavy atom. The number of piperazine rings is 2. The van der Waals surface area contributed by atoms with E-state index in [4.69, 9.17) is 9.47 Å². The van der Waals surface area contributed by atoms with Crippen LogP contribution < -0.4 is 5.32 Å². The molecule has 2 saturated heterocycles. The highest BCUT2D eigenvalue weighted by Gasteiger charge is 2.29. The molecule has 54 heavy (non-hydrogen) atoms. The van der Waals surface area contributed by atoms with Gasteiger partial charge in [0.1, 0.15) is 17.5 Å². The number of ether oxygens (including phenoxy) is 2. The van der Waals surface area contributed by atoms with Crippen molar-refractivity contribution >= 4 is 18.5 Å². The van der Waals surface area contributed by atoms with Crippen molar-refractivity contribution in [3.8, 4) is 22.3 Å². The number of carbonyl (C=O) groups excluding carboxylic acids is 3. The Morgan fingerprint density at radius 1 is 0.630 bits per heavy atom. The summed E-state index contributed by atoms with van der Waals surface area (Å²) >= 11 is 0. The van der Waals surface area contributed by atoms with Crippen LogP contribution in [0.5, 0.6) is 0 Å². The second-order valence-electron chi connectivity index (χ2n) is 15.6. The average Bonchev–Trinajstić information content (AvgIpc) is 3.16. The van der Waals surface area contributed by atoms with Crippen LogP contribution in [0, 0.1) is 0 Å². The van der Waals surface area contributed by atoms with Gasteiger partial charge in [0, 0.05) is 64.0 Å². The molecule has 288 valence electrons. The minimum Gasteiger partial charge on any atom is -0.444 e. The molecular weight excluding hydrogens is 677 g/mol. The molecule has 2 aliphatic heterocycles. The fraction of sp³-hybridized carbons (Fsp3) is 0.400. The lowest BCUT2D eigenvalue weighted by Crippen LogP contribution is -2.54. The van der Waals surface area contributed by atoms with Gasteiger partial charge in [-0.3, -0.25) is 9.69 Å². The monoisotopic (exact) mass is 734 g/mol. The lowest BCUT2D eigenvalue weighted by Gasteiger charge is -2.40. The first-order valence-corrected chi connectivity index (χ1v) is 18.9. The maximum atomic E-state index is 12.3. The van der Waals surface area contributed by atoms with Gasteiger partial charge >= 0.3 is 12.2 Å². The van der Waals surface area contributed by atoms with Crippen molar-refractivity contribution in [1.82, 2.24) is 20.0 Å². The number of amides is 2. The maximum Gasteiger partial charge on any atom is 0.410 e. The lowest BCUT2D eigenvalue weighted by molar-refractivity contribution is 0.00456. The Hall–Kier alpha value is -4.99. The first-order valence-electron chi connectivity index (χ1n) is 18.9. The number of benzene rings is 4. The van der Waals surface area contributed by atoms with Crippen molar-refractivity contribution in [1.29, 1.82) is 0 Å². The zero-order chi connectivity index (χ0) is 39.1. The van der Waals surface area contributed by atoms with Crippen molar-refractivity contribution in [2.45, 2.75) is 72.3 Å². The quantitative estimate of drug-likeness (QED) is 0.205. The minimum atomic E-state index is -0.446. The fourth-order valence-corrected chi connectivity index (χ4v) is 5.95. The van der Waals surface area contributed by atoms with E-state index in [1.165, 1.54) is 22.3 Å². The second kappa shape index (κ2) is 19.9. The molecule has 2 fully saturated rings. The average molecular weight is 735 g/mol. The van der Waals surface area contributed by atoms with E-state index in [2.05, 4.69) is 77.8 Å². The Balaban J connectivity index is 0.000000201. The summed E-state index contributed by atoms with van der Waals surface area (Å²) in [5, 5.41) is 3.18. The first-order chi connectivity index (χ1) is 25.7. The largest absolute Gasteiger partial charge is 0.444 e. The molecular formula is C45H58N4O5. The summed E-state index contributed by atoms with van der Waals surface area (Å²) < 4.78 is 10.7. The molecule has 4 aromatic carbocycles. The Labute approximate surface area is 322 Å². The molecule has 0 saturated carbocycles. The van der Waals surface area contributed by atoms with Crippen LogP contribution in [0.2, 0.25) is 0 Å². The predicted octanol–water partition coefficient (Wildman–Crippen LogP) is 8.79. The number of hydrogen-bond donors (Lipinski definition) is 1. The van der Waals surface area contributed by atoms with Gasteiger partial charge in [0.25, 0.3) is 0 Å². The highest BCUT2D eigenvalue weighted by atomic mass is 16.6. The smallest absolute Gasteiger partial charge is 0.410 e. The maximum absolute atomic E-state index is 12.3. The third-order valence-electron chi connectivity index (χ3n) is 8.79. The normalized spacial score (nSPS) is 16.2. The van der Waals surface area contributed by atoms with Gasteiger partial charge in [-0.05, 0) is 76.3 Å². The van der Waals surface area contributed by atoms with Gasteiger partial charge in [0.2, 0.25) is 0 Å². The van der Waals surface area contributed by atoms with Crippen LogP contribution >= 0.6 is 0 Å². The molecule has 1 unspecified atom stereocenters. The molecule has 4 aromatic rings. The zero-order valence-electron chi connectivity index (χ0n) is 33.1. The molecule has 1 atom stereocenters. The molecule has 1 N–H and O–H groups in total. The molecule has 0 radical (unpaired) electrons. The van der Waals surface area contributed by atoms with Gasteiger partial charge in [-0.25, -0.2) is 9.59 Å². The lowest BCUT2D eigenvalue weighted by atomic mass is 10.0. The standard InChI is InChI=1S/C23H30N2O2.C13H10O.C9H18N2O2/c1-18-16-25(22(26)27-23(2,3)4)15-14-24(18)17-19-10-12-21(13-11-19)20-8-6-5-7-9-20;14-10-11-6-8-13(9-7-11)12-4-2-1-3-5-12;1-9(2,3)13-8(12)11-6-4-10-5-7-11/h5-13,18H,14-17H2,1-4H3;1-10H;10H,4-7H2,1-3H3. The Morgan fingerprint density at radius 2 is 1.07 bits per heavy atom. The van der Waals surface area contributed by atoms with Crippen molar-refractivity contribution in [3.63, 3.8) is 0 Å². The van der Waals surface area contributed by atoms with Gasteiger partial charge in [0.15, 0.2) is 0 Å². The SMILES string of the molecule is CC(C)(C)OC(=O)N1CCNCC1.CC1CN(C(=O)OC(C)(C)C)CCN1Cc1ccc(-c2ccccc2)cc1.O=Cc1ccc(-c2ccccc2)cc1. The summed E-state index contributed by atoms with van der Waals surface area (Å²) in [5.41, 5.74) is 5.96. The van der Waals surface area contributed by atoms with Crippen LogP contribution in [-0.2, 0) is 16.0 Å². The van der Waals surface area contributed by atoms with E-state index in [1.54, 1.807) is 4.90 Å². The van der Waals surface area contributed by atoms with Crippen LogP contribution in [0.1, 0.15) is 64.4 Å². The number of carbonyl (C=O) groups is 3. The molecule has 0 aromatic heterocycles. The van der Waals surface area contributed by atoms with Crippen LogP contribution in [0.3, 0.4) is 0 Å². The molecule has 9 nitrogen and oxygen atoms in total. The topological polar surface area (TPSA) is 91.4 Å². The molecule has 0 aliphatic carbocycles. The molecule has 0 bridgehead atoms. The first kappa shape index (κ1) is 41.8. The van der Waals surface area contributed by atoms with Gasteiger partial charge < -0.3 is 24.6 Å². The molecule has 2 heterocycles. The van der Waals surface area contributed by atoms with E-state index < -0.39 is 5.60 Å². The van der Waals surface area contributed by atoms with E-state index in [0.717, 1.165) is 51.1 Å². The molecule has 2 aliphatic rings. The van der Waals surface area contributed by atoms with Crippen molar-refractivity contribution in [2.24, 2.45) is 0 Å². The van der Waals surface area contributed by atoms with Crippen LogP contribution in [0.15, 0.2) is 109 Å². The third-order valence-corrected chi connectivity index (χ3v) is 8.79. The predicted molar refractivity (Wildman–Crippen MR) is 217 cm³/mol. The molecule has 0 spiro atoms. The number of nitrogens with one attached hydrogen (secondary N) is 1. The van der Waals surface area contributed by atoms with E-state index in [1.807, 2.05) is 95.0 Å².